The number of aliphatic hydroxyl groups excluding tert-OH is 5. The van der Waals surface area contributed by atoms with Crippen LogP contribution in [0, 0.1) is 0 Å². The van der Waals surface area contributed by atoms with Gasteiger partial charge in [0.05, 0.1) is 25.4 Å². The summed E-state index contributed by atoms with van der Waals surface area (Å²) in [7, 11) is 0. The Morgan fingerprint density at radius 3 is 1.61 bits per heavy atom. The first-order valence-corrected chi connectivity index (χ1v) is 27.4. The number of amides is 1. The lowest BCUT2D eigenvalue weighted by Crippen LogP contribution is -2.61. The minimum Gasteiger partial charge on any atom is -0.454 e. The quantitative estimate of drug-likeness (QED) is 0.0196. The van der Waals surface area contributed by atoms with Crippen molar-refractivity contribution >= 4 is 11.9 Å². The molecule has 0 bridgehead atoms. The summed E-state index contributed by atoms with van der Waals surface area (Å²) >= 11 is 0. The molecule has 11 nitrogen and oxygen atoms in total. The van der Waals surface area contributed by atoms with Crippen LogP contribution in [0.15, 0.2) is 48.6 Å². The number of aliphatic hydroxyl groups is 5. The largest absolute Gasteiger partial charge is 0.454 e. The SMILES string of the molecule is CC/C=C/C/C=C/CCCCCCCCC(O)C(=O)NC(COC1OC(CO)C(O)C(O)C1OC(=O)CCCCC/C=C\CCCCCCCC)C(O)/C=C/CCCCCCCCCCCC. The van der Waals surface area contributed by atoms with Crippen LogP contribution >= 0.6 is 0 Å². The molecule has 8 unspecified atom stereocenters. The summed E-state index contributed by atoms with van der Waals surface area (Å²) in [5.74, 6) is -1.22. The Balaban J connectivity index is 2.78. The molecule has 11 heteroatoms. The van der Waals surface area contributed by atoms with Crippen molar-refractivity contribution in [1.82, 2.24) is 5.32 Å². The fourth-order valence-electron chi connectivity index (χ4n) is 8.33. The molecular weight excluding hydrogens is 847 g/mol. The second kappa shape index (κ2) is 44.8. The molecule has 0 aromatic heterocycles. The Morgan fingerprint density at radius 2 is 1.07 bits per heavy atom. The molecular formula is C56H101NO10. The normalized spacial score (nSPS) is 20.4. The molecule has 0 aliphatic carbocycles. The molecule has 1 aliphatic heterocycles. The number of carbonyl (C=O) groups excluding carboxylic acids is 2. The third kappa shape index (κ3) is 33.7. The standard InChI is InChI=1S/C56H101NO10/c1-4-7-10-13-16-19-22-25-28-31-34-37-40-43-49(60)55(64)57-47(48(59)42-39-36-33-30-27-24-21-18-15-12-9-6-3)46-65-56-54(53(63)52(62)50(45-58)66-56)67-51(61)44-41-38-35-32-29-26-23-20-17-14-11-8-5-2/h7,10,16,19,26,29,39,42,47-50,52-54,56,58-60,62-63H,4-6,8-9,11-15,17-18,20-25,27-28,30-38,40-41,43-46H2,1-3H3,(H,57,64)/b10-7+,19-16+,29-26-,42-39+. The molecule has 0 spiro atoms. The van der Waals surface area contributed by atoms with Crippen LogP contribution in [-0.4, -0.2) is 99.6 Å². The van der Waals surface area contributed by atoms with E-state index < -0.39 is 67.4 Å². The van der Waals surface area contributed by atoms with Crippen molar-refractivity contribution in [3.05, 3.63) is 48.6 Å². The van der Waals surface area contributed by atoms with Crippen LogP contribution in [0.2, 0.25) is 0 Å². The Morgan fingerprint density at radius 1 is 0.597 bits per heavy atom. The number of allylic oxidation sites excluding steroid dienone is 7. The number of nitrogens with one attached hydrogen (secondary N) is 1. The van der Waals surface area contributed by atoms with Gasteiger partial charge in [0, 0.05) is 6.42 Å². The van der Waals surface area contributed by atoms with Crippen molar-refractivity contribution in [2.24, 2.45) is 0 Å². The van der Waals surface area contributed by atoms with Crippen molar-refractivity contribution in [2.45, 2.75) is 282 Å². The maximum absolute atomic E-state index is 13.3. The Bertz CT molecular complexity index is 1270. The average Bonchev–Trinajstić information content (AvgIpc) is 3.32. The number of unbranched alkanes of at least 4 members (excludes halogenated alkanes) is 25. The van der Waals surface area contributed by atoms with Crippen molar-refractivity contribution in [3.8, 4) is 0 Å². The van der Waals surface area contributed by atoms with Crippen LogP contribution in [0.4, 0.5) is 0 Å². The number of hydrogen-bond donors (Lipinski definition) is 6. The topological polar surface area (TPSA) is 175 Å². The van der Waals surface area contributed by atoms with Gasteiger partial charge in [0.1, 0.15) is 24.4 Å². The monoisotopic (exact) mass is 948 g/mol. The zero-order valence-corrected chi connectivity index (χ0v) is 42.8. The van der Waals surface area contributed by atoms with Gasteiger partial charge in [-0.2, -0.15) is 0 Å². The third-order valence-corrected chi connectivity index (χ3v) is 12.7. The van der Waals surface area contributed by atoms with Crippen LogP contribution in [-0.2, 0) is 23.8 Å². The van der Waals surface area contributed by atoms with Gasteiger partial charge in [-0.3, -0.25) is 9.59 Å². The van der Waals surface area contributed by atoms with Gasteiger partial charge in [-0.25, -0.2) is 0 Å². The first-order chi connectivity index (χ1) is 32.7. The van der Waals surface area contributed by atoms with E-state index >= 15 is 0 Å². The van der Waals surface area contributed by atoms with Gasteiger partial charge in [0.25, 0.3) is 0 Å². The minimum absolute atomic E-state index is 0.102. The summed E-state index contributed by atoms with van der Waals surface area (Å²) in [6.45, 7) is 5.63. The van der Waals surface area contributed by atoms with Gasteiger partial charge in [0.15, 0.2) is 12.4 Å². The summed E-state index contributed by atoms with van der Waals surface area (Å²) in [6.07, 6.45) is 41.6. The molecule has 1 amide bonds. The van der Waals surface area contributed by atoms with E-state index in [0.717, 1.165) is 96.3 Å². The van der Waals surface area contributed by atoms with E-state index in [9.17, 15) is 35.1 Å². The van der Waals surface area contributed by atoms with E-state index in [1.165, 1.54) is 89.9 Å². The van der Waals surface area contributed by atoms with Crippen LogP contribution in [0.3, 0.4) is 0 Å². The predicted octanol–water partition coefficient (Wildman–Crippen LogP) is 11.7. The highest BCUT2D eigenvalue weighted by Gasteiger charge is 2.47. The first-order valence-electron chi connectivity index (χ1n) is 27.4. The fraction of sp³-hybridized carbons (Fsp3) is 0.821. The minimum atomic E-state index is -1.62. The maximum atomic E-state index is 13.3. The zero-order valence-electron chi connectivity index (χ0n) is 42.8. The third-order valence-electron chi connectivity index (χ3n) is 12.7. The smallest absolute Gasteiger partial charge is 0.306 e. The van der Waals surface area contributed by atoms with E-state index in [1.54, 1.807) is 6.08 Å². The molecule has 8 atom stereocenters. The second-order valence-corrected chi connectivity index (χ2v) is 18.9. The van der Waals surface area contributed by atoms with E-state index in [4.69, 9.17) is 14.2 Å². The summed E-state index contributed by atoms with van der Waals surface area (Å²) in [6, 6.07) is -1.03. The van der Waals surface area contributed by atoms with Crippen LogP contribution in [0.5, 0.6) is 0 Å². The average molecular weight is 948 g/mol. The van der Waals surface area contributed by atoms with Gasteiger partial charge >= 0.3 is 5.97 Å². The van der Waals surface area contributed by atoms with Crippen molar-refractivity contribution < 1.29 is 49.3 Å². The zero-order chi connectivity index (χ0) is 49.0. The lowest BCUT2D eigenvalue weighted by atomic mass is 9.99. The first kappa shape index (κ1) is 62.6. The van der Waals surface area contributed by atoms with Crippen LogP contribution in [0.1, 0.15) is 233 Å². The van der Waals surface area contributed by atoms with Crippen LogP contribution < -0.4 is 5.32 Å². The Hall–Kier alpha value is -2.38. The molecule has 1 saturated heterocycles. The molecule has 1 aliphatic rings. The number of carbonyl (C=O) groups is 2. The number of rotatable bonds is 45. The summed E-state index contributed by atoms with van der Waals surface area (Å²) in [5.41, 5.74) is 0. The number of hydrogen-bond acceptors (Lipinski definition) is 10. The van der Waals surface area contributed by atoms with Crippen molar-refractivity contribution in [1.29, 1.82) is 0 Å². The molecule has 0 aromatic rings. The highest BCUT2D eigenvalue weighted by molar-refractivity contribution is 5.80. The van der Waals surface area contributed by atoms with E-state index in [2.05, 4.69) is 62.5 Å². The summed E-state index contributed by atoms with van der Waals surface area (Å²) in [5, 5.41) is 56.6. The highest BCUT2D eigenvalue weighted by atomic mass is 16.7. The molecule has 0 aromatic carbocycles. The van der Waals surface area contributed by atoms with Gasteiger partial charge in [-0.05, 0) is 77.0 Å². The molecule has 1 fully saturated rings. The van der Waals surface area contributed by atoms with Crippen molar-refractivity contribution in [2.75, 3.05) is 13.2 Å². The van der Waals surface area contributed by atoms with Gasteiger partial charge in [-0.1, -0.05) is 198 Å². The molecule has 390 valence electrons. The molecule has 67 heavy (non-hydrogen) atoms. The molecule has 6 N–H and O–H groups in total. The molecule has 1 heterocycles. The van der Waals surface area contributed by atoms with Gasteiger partial charge < -0.3 is 45.1 Å². The number of ether oxygens (including phenoxy) is 3. The summed E-state index contributed by atoms with van der Waals surface area (Å²) in [4.78, 5) is 26.4. The fourth-order valence-corrected chi connectivity index (χ4v) is 8.33. The van der Waals surface area contributed by atoms with Crippen molar-refractivity contribution in [3.63, 3.8) is 0 Å². The summed E-state index contributed by atoms with van der Waals surface area (Å²) < 4.78 is 17.5. The molecule has 0 saturated carbocycles. The lowest BCUT2D eigenvalue weighted by molar-refractivity contribution is -0.305. The van der Waals surface area contributed by atoms with Gasteiger partial charge in [0.2, 0.25) is 5.91 Å². The van der Waals surface area contributed by atoms with Crippen LogP contribution in [0.25, 0.3) is 0 Å². The maximum Gasteiger partial charge on any atom is 0.306 e. The Labute approximate surface area is 408 Å². The Kier molecular flexibility index (Phi) is 41.9. The van der Waals surface area contributed by atoms with E-state index in [1.807, 2.05) is 6.08 Å². The van der Waals surface area contributed by atoms with E-state index in [-0.39, 0.29) is 19.4 Å². The molecule has 0 radical (unpaired) electrons. The van der Waals surface area contributed by atoms with E-state index in [0.29, 0.717) is 12.8 Å². The van der Waals surface area contributed by atoms with Gasteiger partial charge in [-0.15, -0.1) is 0 Å². The molecule has 1 rings (SSSR count). The number of esters is 1. The predicted molar refractivity (Wildman–Crippen MR) is 273 cm³/mol. The second-order valence-electron chi connectivity index (χ2n) is 18.9. The highest BCUT2D eigenvalue weighted by Crippen LogP contribution is 2.26. The lowest BCUT2D eigenvalue weighted by Gasteiger charge is -2.41.